The maximum Gasteiger partial charge on any atom is 0.265 e. The van der Waals surface area contributed by atoms with Gasteiger partial charge < -0.3 is 14.4 Å². The van der Waals surface area contributed by atoms with E-state index in [0.717, 1.165) is 12.8 Å². The standard InChI is InChI=1S/C16H19BN2O3/c1-16(2,15(20)19-8-4-5-14(19)17)22-12-7-6-11(10-18)9-13(12)21-3/h6-7,9,14H,4-5,8H2,1-3H3/t14-/m1/s1. The van der Waals surface area contributed by atoms with Gasteiger partial charge in [-0.15, -0.1) is 0 Å². The average molecular weight is 298 g/mol. The molecule has 1 saturated heterocycles. The molecule has 114 valence electrons. The number of methoxy groups -OCH3 is 1. The molecule has 1 aliphatic rings. The molecule has 1 aliphatic heterocycles. The van der Waals surface area contributed by atoms with Gasteiger partial charge in [0.25, 0.3) is 5.91 Å². The number of carbonyl (C=O) groups is 1. The van der Waals surface area contributed by atoms with Crippen LogP contribution in [0.15, 0.2) is 18.2 Å². The molecule has 0 unspecified atom stereocenters. The number of hydrogen-bond donors (Lipinski definition) is 0. The van der Waals surface area contributed by atoms with E-state index < -0.39 is 5.60 Å². The van der Waals surface area contributed by atoms with E-state index in [1.165, 1.54) is 7.11 Å². The highest BCUT2D eigenvalue weighted by Gasteiger charge is 2.38. The summed E-state index contributed by atoms with van der Waals surface area (Å²) in [5.74, 6) is 0.445. The topological polar surface area (TPSA) is 62.6 Å². The molecule has 0 aliphatic carbocycles. The number of carbonyl (C=O) groups excluding carboxylic acids is 1. The van der Waals surface area contributed by atoms with Crippen molar-refractivity contribution in [3.63, 3.8) is 0 Å². The van der Waals surface area contributed by atoms with Crippen LogP contribution in [0, 0.1) is 11.3 Å². The number of nitriles is 1. The zero-order chi connectivity index (χ0) is 16.3. The van der Waals surface area contributed by atoms with Crippen LogP contribution in [0.2, 0.25) is 0 Å². The molecule has 2 radical (unpaired) electrons. The highest BCUT2D eigenvalue weighted by atomic mass is 16.5. The summed E-state index contributed by atoms with van der Waals surface area (Å²) >= 11 is 0. The van der Waals surface area contributed by atoms with E-state index in [4.69, 9.17) is 22.6 Å². The number of amides is 1. The molecule has 1 heterocycles. The van der Waals surface area contributed by atoms with Crippen LogP contribution in [0.5, 0.6) is 11.5 Å². The van der Waals surface area contributed by atoms with Crippen molar-refractivity contribution in [2.45, 2.75) is 38.2 Å². The number of rotatable bonds is 4. The summed E-state index contributed by atoms with van der Waals surface area (Å²) in [6.45, 7) is 4.06. The predicted molar refractivity (Wildman–Crippen MR) is 82.9 cm³/mol. The average Bonchev–Trinajstić information content (AvgIpc) is 2.92. The van der Waals surface area contributed by atoms with Gasteiger partial charge in [-0.1, -0.05) is 0 Å². The molecule has 0 saturated carbocycles. The van der Waals surface area contributed by atoms with Crippen LogP contribution >= 0.6 is 0 Å². The fourth-order valence-corrected chi connectivity index (χ4v) is 2.53. The maximum absolute atomic E-state index is 12.6. The SMILES string of the molecule is [B][C@H]1CCCN1C(=O)C(C)(C)Oc1ccc(C#N)cc1OC. The third-order valence-corrected chi connectivity index (χ3v) is 3.73. The van der Waals surface area contributed by atoms with E-state index in [2.05, 4.69) is 0 Å². The van der Waals surface area contributed by atoms with Gasteiger partial charge in [-0.05, 0) is 44.8 Å². The third-order valence-electron chi connectivity index (χ3n) is 3.73. The van der Waals surface area contributed by atoms with Crippen molar-refractivity contribution in [3.05, 3.63) is 23.8 Å². The minimum atomic E-state index is -1.07. The van der Waals surface area contributed by atoms with Gasteiger partial charge in [0.05, 0.1) is 26.6 Å². The van der Waals surface area contributed by atoms with E-state index in [9.17, 15) is 4.79 Å². The van der Waals surface area contributed by atoms with Crippen LogP contribution in [-0.2, 0) is 4.79 Å². The summed E-state index contributed by atoms with van der Waals surface area (Å²) in [5.41, 5.74) is -0.599. The molecule has 1 fully saturated rings. The molecule has 0 bridgehead atoms. The molecule has 6 heteroatoms. The second kappa shape index (κ2) is 6.31. The summed E-state index contributed by atoms with van der Waals surface area (Å²) in [6.07, 6.45) is 1.71. The van der Waals surface area contributed by atoms with Gasteiger partial charge in [0.2, 0.25) is 0 Å². The zero-order valence-corrected chi connectivity index (χ0v) is 13.1. The molecular weight excluding hydrogens is 279 g/mol. The molecule has 1 amide bonds. The lowest BCUT2D eigenvalue weighted by molar-refractivity contribution is -0.145. The lowest BCUT2D eigenvalue weighted by Crippen LogP contribution is -2.50. The Morgan fingerprint density at radius 1 is 1.45 bits per heavy atom. The number of ether oxygens (including phenoxy) is 2. The number of likely N-dealkylation sites (tertiary alicyclic amines) is 1. The lowest BCUT2D eigenvalue weighted by atomic mass is 9.93. The van der Waals surface area contributed by atoms with Crippen molar-refractivity contribution in [3.8, 4) is 17.6 Å². The summed E-state index contributed by atoms with van der Waals surface area (Å²) in [5, 5.41) is 8.92. The van der Waals surface area contributed by atoms with Gasteiger partial charge in [-0.2, -0.15) is 5.26 Å². The monoisotopic (exact) mass is 298 g/mol. The Balaban J connectivity index is 2.21. The van der Waals surface area contributed by atoms with E-state index in [1.807, 2.05) is 6.07 Å². The predicted octanol–water partition coefficient (Wildman–Crippen LogP) is 1.84. The van der Waals surface area contributed by atoms with Gasteiger partial charge in [0.1, 0.15) is 0 Å². The summed E-state index contributed by atoms with van der Waals surface area (Å²) in [6, 6.07) is 6.88. The summed E-state index contributed by atoms with van der Waals surface area (Å²) in [4.78, 5) is 14.3. The zero-order valence-electron chi connectivity index (χ0n) is 13.1. The molecule has 1 atom stereocenters. The van der Waals surface area contributed by atoms with Gasteiger partial charge >= 0.3 is 0 Å². The quantitative estimate of drug-likeness (QED) is 0.796. The van der Waals surface area contributed by atoms with Crippen molar-refractivity contribution in [2.24, 2.45) is 0 Å². The fraction of sp³-hybridized carbons (Fsp3) is 0.500. The van der Waals surface area contributed by atoms with Crippen molar-refractivity contribution < 1.29 is 14.3 Å². The van der Waals surface area contributed by atoms with Crippen LogP contribution < -0.4 is 9.47 Å². The molecular formula is C16H19BN2O3. The maximum atomic E-state index is 12.6. The van der Waals surface area contributed by atoms with E-state index >= 15 is 0 Å². The minimum Gasteiger partial charge on any atom is -0.493 e. The van der Waals surface area contributed by atoms with Crippen LogP contribution in [-0.4, -0.2) is 43.9 Å². The van der Waals surface area contributed by atoms with E-state index in [1.54, 1.807) is 36.9 Å². The van der Waals surface area contributed by atoms with Crippen LogP contribution in [0.3, 0.4) is 0 Å². The Bertz CT molecular complexity index is 610. The van der Waals surface area contributed by atoms with E-state index in [-0.39, 0.29) is 11.8 Å². The molecule has 1 aromatic carbocycles. The first-order chi connectivity index (χ1) is 10.4. The second-order valence-corrected chi connectivity index (χ2v) is 5.80. The minimum absolute atomic E-state index is 0.149. The Morgan fingerprint density at radius 2 is 2.18 bits per heavy atom. The molecule has 22 heavy (non-hydrogen) atoms. The lowest BCUT2D eigenvalue weighted by Gasteiger charge is -2.33. The number of benzene rings is 1. The molecule has 0 aromatic heterocycles. The van der Waals surface area contributed by atoms with Crippen molar-refractivity contribution in [2.75, 3.05) is 13.7 Å². The Kier molecular flexibility index (Phi) is 4.65. The van der Waals surface area contributed by atoms with Crippen molar-refractivity contribution in [1.29, 1.82) is 5.26 Å². The van der Waals surface area contributed by atoms with Gasteiger partial charge in [0, 0.05) is 12.6 Å². The van der Waals surface area contributed by atoms with Crippen LogP contribution in [0.25, 0.3) is 0 Å². The summed E-state index contributed by atoms with van der Waals surface area (Å²) in [7, 11) is 7.45. The Hall–Kier alpha value is -2.16. The van der Waals surface area contributed by atoms with Gasteiger partial charge in [-0.3, -0.25) is 4.79 Å². The molecule has 2 rings (SSSR count). The first-order valence-electron chi connectivity index (χ1n) is 7.23. The molecule has 0 N–H and O–H groups in total. The van der Waals surface area contributed by atoms with Gasteiger partial charge in [0.15, 0.2) is 17.1 Å². The smallest absolute Gasteiger partial charge is 0.265 e. The Morgan fingerprint density at radius 3 is 2.73 bits per heavy atom. The number of hydrogen-bond acceptors (Lipinski definition) is 4. The first-order valence-corrected chi connectivity index (χ1v) is 7.23. The van der Waals surface area contributed by atoms with E-state index in [0.29, 0.717) is 23.6 Å². The van der Waals surface area contributed by atoms with Crippen molar-refractivity contribution in [1.82, 2.24) is 4.90 Å². The summed E-state index contributed by atoms with van der Waals surface area (Å²) < 4.78 is 11.1. The molecule has 1 aromatic rings. The fourth-order valence-electron chi connectivity index (χ4n) is 2.53. The Labute approximate surface area is 132 Å². The molecule has 5 nitrogen and oxygen atoms in total. The largest absolute Gasteiger partial charge is 0.493 e. The van der Waals surface area contributed by atoms with Crippen molar-refractivity contribution >= 4 is 13.8 Å². The highest BCUT2D eigenvalue weighted by Crippen LogP contribution is 2.32. The highest BCUT2D eigenvalue weighted by molar-refractivity contribution is 6.13. The normalized spacial score (nSPS) is 17.9. The number of nitrogens with zero attached hydrogens (tertiary/aromatic N) is 2. The second-order valence-electron chi connectivity index (χ2n) is 5.80. The molecule has 0 spiro atoms. The van der Waals surface area contributed by atoms with Crippen LogP contribution in [0.1, 0.15) is 32.3 Å². The van der Waals surface area contributed by atoms with Gasteiger partial charge in [-0.25, -0.2) is 0 Å². The third kappa shape index (κ3) is 3.19. The van der Waals surface area contributed by atoms with Crippen LogP contribution in [0.4, 0.5) is 0 Å². The first kappa shape index (κ1) is 16.2.